The molecule has 0 atom stereocenters. The van der Waals surface area contributed by atoms with E-state index in [2.05, 4.69) is 131 Å². The minimum absolute atomic E-state index is 0. The fourth-order valence-corrected chi connectivity index (χ4v) is 7.26. The van der Waals surface area contributed by atoms with E-state index in [0.29, 0.717) is 11.8 Å². The average molecular weight is 823 g/mol. The summed E-state index contributed by atoms with van der Waals surface area (Å²) < 4.78 is 10.7. The molecule has 1 aliphatic carbocycles. The topological polar surface area (TPSA) is 57.2 Å². The van der Waals surface area contributed by atoms with E-state index >= 15 is 0 Å². The van der Waals surface area contributed by atoms with Crippen molar-refractivity contribution in [2.24, 2.45) is 0 Å². The maximum absolute atomic E-state index is 6.72. The Morgan fingerprint density at radius 2 is 1.45 bits per heavy atom. The first-order valence-corrected chi connectivity index (χ1v) is 16.4. The Morgan fingerprint density at radius 3 is 2.10 bits per heavy atom. The van der Waals surface area contributed by atoms with Crippen molar-refractivity contribution in [3.05, 3.63) is 160 Å². The van der Waals surface area contributed by atoms with Gasteiger partial charge in [-0.25, -0.2) is 4.98 Å². The second kappa shape index (κ2) is 12.0. The Balaban J connectivity index is 0.00000378. The van der Waals surface area contributed by atoms with Gasteiger partial charge in [-0.05, 0) is 78.7 Å². The van der Waals surface area contributed by atoms with Gasteiger partial charge in [0.05, 0.1) is 17.0 Å². The van der Waals surface area contributed by atoms with Crippen LogP contribution in [0, 0.1) is 39.8 Å². The predicted molar refractivity (Wildman–Crippen MR) is 189 cm³/mol. The molecule has 8 rings (SSSR count). The molecular formula is C42H37N5OPt. The molecule has 0 saturated carbocycles. The summed E-state index contributed by atoms with van der Waals surface area (Å²) >= 11 is 0. The van der Waals surface area contributed by atoms with Crippen LogP contribution < -0.4 is 4.74 Å². The number of fused-ring (bicyclic) bond motifs is 4. The van der Waals surface area contributed by atoms with Crippen molar-refractivity contribution < 1.29 is 25.8 Å². The van der Waals surface area contributed by atoms with E-state index in [-0.39, 0.29) is 26.5 Å². The van der Waals surface area contributed by atoms with Crippen LogP contribution in [0.1, 0.15) is 71.4 Å². The van der Waals surface area contributed by atoms with E-state index in [1.165, 1.54) is 11.1 Å². The standard InChI is InChI=1S/C42H37N5O.Pt/c1-26-21-27(2)47(45-26)33-14-12-13-31(22-33)42(36-17-10-8-15-34(36)35-16-9-11-18-37(35)42)32-23-38-44-28(3)29(4)46(38)40(25-32)48-39-24-30(19-20-43-39)41(5,6)7;/h8-21,23-24H,1-7H3;/q-2;+2. The van der Waals surface area contributed by atoms with Gasteiger partial charge in [0.15, 0.2) is 0 Å². The Kier molecular flexibility index (Phi) is 7.99. The number of aromatic nitrogens is 5. The monoisotopic (exact) mass is 822 g/mol. The number of benzene rings is 3. The van der Waals surface area contributed by atoms with Crippen LogP contribution >= 0.6 is 0 Å². The van der Waals surface area contributed by atoms with Crippen LogP contribution in [0.3, 0.4) is 0 Å². The number of rotatable bonds is 5. The van der Waals surface area contributed by atoms with Gasteiger partial charge in [-0.1, -0.05) is 69.3 Å². The fourth-order valence-electron chi connectivity index (χ4n) is 7.26. The van der Waals surface area contributed by atoms with Crippen molar-refractivity contribution in [3.63, 3.8) is 0 Å². The third-order valence-electron chi connectivity index (χ3n) is 9.67. The molecule has 0 unspecified atom stereocenters. The molecule has 3 aromatic carbocycles. The van der Waals surface area contributed by atoms with Crippen molar-refractivity contribution in [2.45, 2.75) is 59.3 Å². The van der Waals surface area contributed by atoms with Crippen LogP contribution in [0.5, 0.6) is 11.8 Å². The van der Waals surface area contributed by atoms with E-state index in [1.807, 2.05) is 41.3 Å². The summed E-state index contributed by atoms with van der Waals surface area (Å²) in [5.74, 6) is 1.05. The van der Waals surface area contributed by atoms with Crippen molar-refractivity contribution >= 4 is 5.65 Å². The first-order valence-electron chi connectivity index (χ1n) is 16.4. The second-order valence-corrected chi connectivity index (χ2v) is 13.8. The zero-order chi connectivity index (χ0) is 33.4. The van der Waals surface area contributed by atoms with Crippen LogP contribution in [0.4, 0.5) is 0 Å². The molecule has 7 heteroatoms. The van der Waals surface area contributed by atoms with Crippen LogP contribution in [-0.4, -0.2) is 24.1 Å². The van der Waals surface area contributed by atoms with E-state index in [0.717, 1.165) is 61.9 Å². The molecule has 7 aromatic rings. The molecule has 4 heterocycles. The van der Waals surface area contributed by atoms with Crippen LogP contribution in [-0.2, 0) is 31.9 Å². The van der Waals surface area contributed by atoms with Gasteiger partial charge in [0.1, 0.15) is 5.88 Å². The van der Waals surface area contributed by atoms with Gasteiger partial charge in [0.25, 0.3) is 0 Å². The third-order valence-corrected chi connectivity index (χ3v) is 9.67. The molecule has 0 fully saturated rings. The summed E-state index contributed by atoms with van der Waals surface area (Å²) in [4.78, 5) is 9.67. The second-order valence-electron chi connectivity index (χ2n) is 13.8. The maximum Gasteiger partial charge on any atom is 2.00 e. The zero-order valence-corrected chi connectivity index (χ0v) is 31.0. The van der Waals surface area contributed by atoms with Crippen LogP contribution in [0.2, 0.25) is 0 Å². The fraction of sp³-hybridized carbons (Fsp3) is 0.214. The number of hydrogen-bond donors (Lipinski definition) is 0. The van der Waals surface area contributed by atoms with E-state index in [1.54, 1.807) is 0 Å². The SMILES string of the molecule is Cc1cc(C)n(-c2[c-]c(C3(c4[c-]c(Oc5cc(C(C)(C)C)ccn5)n5c(C)c(C)nc5c4)c4ccccc4-c4ccccc43)ccc2)n1.[Pt+2]. The van der Waals surface area contributed by atoms with Gasteiger partial charge in [0, 0.05) is 29.1 Å². The minimum atomic E-state index is -0.770. The molecule has 246 valence electrons. The van der Waals surface area contributed by atoms with Crippen LogP contribution in [0.15, 0.2) is 97.2 Å². The first-order chi connectivity index (χ1) is 23.1. The Labute approximate surface area is 302 Å². The van der Waals surface area contributed by atoms with E-state index in [9.17, 15) is 0 Å². The quantitative estimate of drug-likeness (QED) is 0.163. The van der Waals surface area contributed by atoms with Crippen molar-refractivity contribution in [2.75, 3.05) is 0 Å². The van der Waals surface area contributed by atoms with Crippen molar-refractivity contribution in [1.82, 2.24) is 24.1 Å². The molecule has 0 spiro atoms. The Hall–Kier alpha value is -4.80. The van der Waals surface area contributed by atoms with Crippen LogP contribution in [0.25, 0.3) is 22.5 Å². The molecular weight excluding hydrogens is 786 g/mol. The Bertz CT molecular complexity index is 2330. The molecule has 0 bridgehead atoms. The normalized spacial score (nSPS) is 13.2. The first kappa shape index (κ1) is 32.7. The molecule has 0 amide bonds. The largest absolute Gasteiger partial charge is 2.00 e. The number of aryl methyl sites for hydroxylation is 4. The van der Waals surface area contributed by atoms with E-state index in [4.69, 9.17) is 14.8 Å². The maximum atomic E-state index is 6.72. The van der Waals surface area contributed by atoms with Crippen molar-refractivity contribution in [3.8, 4) is 28.6 Å². The number of nitrogens with zero attached hydrogens (tertiary/aromatic N) is 5. The average Bonchev–Trinajstić information content (AvgIpc) is 3.68. The third kappa shape index (κ3) is 5.16. The summed E-state index contributed by atoms with van der Waals surface area (Å²) in [6, 6.07) is 39.6. The van der Waals surface area contributed by atoms with Gasteiger partial charge >= 0.3 is 21.1 Å². The smallest absolute Gasteiger partial charge is 0.441 e. The van der Waals surface area contributed by atoms with Gasteiger partial charge in [-0.15, -0.1) is 11.6 Å². The summed E-state index contributed by atoms with van der Waals surface area (Å²) in [7, 11) is 0. The van der Waals surface area contributed by atoms with E-state index < -0.39 is 5.41 Å². The molecule has 4 aromatic heterocycles. The summed E-state index contributed by atoms with van der Waals surface area (Å²) in [5.41, 5.74) is 12.5. The molecule has 6 nitrogen and oxygen atoms in total. The number of hydrogen-bond acceptors (Lipinski definition) is 4. The predicted octanol–water partition coefficient (Wildman–Crippen LogP) is 9.20. The molecule has 1 aliphatic rings. The van der Waals surface area contributed by atoms with Gasteiger partial charge in [0.2, 0.25) is 5.88 Å². The van der Waals surface area contributed by atoms with Gasteiger partial charge in [-0.3, -0.25) is 14.1 Å². The van der Waals surface area contributed by atoms with Gasteiger partial charge in [-0.2, -0.15) is 41.0 Å². The Morgan fingerprint density at radius 1 is 0.755 bits per heavy atom. The van der Waals surface area contributed by atoms with Gasteiger partial charge < -0.3 is 4.74 Å². The summed E-state index contributed by atoms with van der Waals surface area (Å²) in [6.07, 6.45) is 1.81. The van der Waals surface area contributed by atoms with Crippen molar-refractivity contribution in [1.29, 1.82) is 0 Å². The number of imidazole rings is 1. The summed E-state index contributed by atoms with van der Waals surface area (Å²) in [5, 5.41) is 4.81. The minimum Gasteiger partial charge on any atom is -0.441 e. The summed E-state index contributed by atoms with van der Waals surface area (Å²) in [6.45, 7) is 14.8. The molecule has 0 radical (unpaired) electrons. The zero-order valence-electron chi connectivity index (χ0n) is 28.7. The molecule has 49 heavy (non-hydrogen) atoms. The molecule has 0 N–H and O–H groups in total. The molecule has 0 saturated heterocycles. The molecule has 0 aliphatic heterocycles. The number of pyridine rings is 2. The number of ether oxygens (including phenoxy) is 1.